The van der Waals surface area contributed by atoms with E-state index in [-0.39, 0.29) is 0 Å². The van der Waals surface area contributed by atoms with Crippen molar-refractivity contribution < 1.29 is 4.79 Å². The third kappa shape index (κ3) is 2.41. The first kappa shape index (κ1) is 12.7. The highest BCUT2D eigenvalue weighted by Gasteiger charge is 2.33. The zero-order chi connectivity index (χ0) is 13.2. The summed E-state index contributed by atoms with van der Waals surface area (Å²) in [6.45, 7) is 3.22. The fourth-order valence-corrected chi connectivity index (χ4v) is 3.92. The van der Waals surface area contributed by atoms with Gasteiger partial charge in [0.05, 0.1) is 0 Å². The predicted molar refractivity (Wildman–Crippen MR) is 78.9 cm³/mol. The summed E-state index contributed by atoms with van der Waals surface area (Å²) in [6.07, 6.45) is 9.27. The lowest BCUT2D eigenvalue weighted by Crippen LogP contribution is -2.34. The van der Waals surface area contributed by atoms with E-state index in [1.54, 1.807) is 0 Å². The van der Waals surface area contributed by atoms with Gasteiger partial charge in [0.1, 0.15) is 6.29 Å². The third-order valence-corrected chi connectivity index (χ3v) is 4.96. The average Bonchev–Trinajstić information content (AvgIpc) is 3.09. The smallest absolute Gasteiger partial charge is 0.150 e. The van der Waals surface area contributed by atoms with Gasteiger partial charge in [0, 0.05) is 23.8 Å². The fraction of sp³-hybridized carbons (Fsp3) is 0.588. The van der Waals surface area contributed by atoms with E-state index < -0.39 is 0 Å². The molecule has 1 aliphatic carbocycles. The quantitative estimate of drug-likeness (QED) is 0.764. The van der Waals surface area contributed by atoms with Gasteiger partial charge in [-0.2, -0.15) is 0 Å². The summed E-state index contributed by atoms with van der Waals surface area (Å²) < 4.78 is 0. The summed E-state index contributed by atoms with van der Waals surface area (Å²) in [4.78, 5) is 13.5. The first-order valence-electron chi connectivity index (χ1n) is 7.62. The van der Waals surface area contributed by atoms with Crippen molar-refractivity contribution in [2.45, 2.75) is 51.5 Å². The molecule has 0 spiro atoms. The maximum Gasteiger partial charge on any atom is 0.150 e. The van der Waals surface area contributed by atoms with Crippen LogP contribution in [0.4, 0.5) is 5.69 Å². The van der Waals surface area contributed by atoms with Crippen LogP contribution < -0.4 is 4.90 Å². The van der Waals surface area contributed by atoms with Crippen molar-refractivity contribution in [3.8, 4) is 0 Å². The molecule has 19 heavy (non-hydrogen) atoms. The maximum atomic E-state index is 10.9. The molecule has 1 saturated carbocycles. The van der Waals surface area contributed by atoms with Crippen LogP contribution >= 0.6 is 0 Å². The molecule has 1 heterocycles. The van der Waals surface area contributed by atoms with Crippen LogP contribution in [0.1, 0.15) is 54.4 Å². The van der Waals surface area contributed by atoms with Crippen LogP contribution in [0.15, 0.2) is 18.2 Å². The van der Waals surface area contributed by atoms with E-state index in [9.17, 15) is 4.79 Å². The Labute approximate surface area is 115 Å². The van der Waals surface area contributed by atoms with Crippen LogP contribution in [-0.4, -0.2) is 18.9 Å². The first-order valence-corrected chi connectivity index (χ1v) is 7.62. The maximum absolute atomic E-state index is 10.9. The van der Waals surface area contributed by atoms with Crippen LogP contribution in [0.2, 0.25) is 0 Å². The monoisotopic (exact) mass is 257 g/mol. The number of rotatable bonds is 3. The van der Waals surface area contributed by atoms with Crippen molar-refractivity contribution >= 4 is 12.0 Å². The number of aldehydes is 1. The Hall–Kier alpha value is -1.31. The topological polar surface area (TPSA) is 20.3 Å². The largest absolute Gasteiger partial charge is 0.368 e. The van der Waals surface area contributed by atoms with Gasteiger partial charge in [0.2, 0.25) is 0 Å². The van der Waals surface area contributed by atoms with E-state index in [0.29, 0.717) is 0 Å². The molecule has 1 aromatic rings. The van der Waals surface area contributed by atoms with Crippen LogP contribution in [0, 0.1) is 12.8 Å². The van der Waals surface area contributed by atoms with Crippen molar-refractivity contribution in [2.24, 2.45) is 5.92 Å². The SMILES string of the molecule is Cc1cc(N2CCCC2C2CCCC2)ccc1C=O. The molecule has 1 saturated heterocycles. The van der Waals surface area contributed by atoms with Gasteiger partial charge in [-0.1, -0.05) is 12.8 Å². The van der Waals surface area contributed by atoms with Crippen LogP contribution in [-0.2, 0) is 0 Å². The lowest BCUT2D eigenvalue weighted by atomic mass is 9.95. The minimum Gasteiger partial charge on any atom is -0.368 e. The number of aryl methyl sites for hydroxylation is 1. The number of hydrogen-bond acceptors (Lipinski definition) is 2. The zero-order valence-electron chi connectivity index (χ0n) is 11.8. The van der Waals surface area contributed by atoms with Crippen molar-refractivity contribution in [2.75, 3.05) is 11.4 Å². The molecule has 0 bridgehead atoms. The second-order valence-electron chi connectivity index (χ2n) is 6.11. The number of anilines is 1. The number of carbonyl (C=O) groups excluding carboxylic acids is 1. The highest BCUT2D eigenvalue weighted by Crippen LogP contribution is 2.38. The summed E-state index contributed by atoms with van der Waals surface area (Å²) in [5, 5.41) is 0. The second-order valence-corrected chi connectivity index (χ2v) is 6.11. The second kappa shape index (κ2) is 5.36. The Morgan fingerprint density at radius 1 is 1.16 bits per heavy atom. The standard InChI is InChI=1S/C17H23NO/c1-13-11-16(9-8-15(13)12-19)18-10-4-7-17(18)14-5-2-3-6-14/h8-9,11-12,14,17H,2-7,10H2,1H3. The molecule has 2 aliphatic rings. The summed E-state index contributed by atoms with van der Waals surface area (Å²) in [5.41, 5.74) is 3.24. The molecule has 2 heteroatoms. The summed E-state index contributed by atoms with van der Waals surface area (Å²) in [5.74, 6) is 0.897. The first-order chi connectivity index (χ1) is 9.29. The van der Waals surface area contributed by atoms with Gasteiger partial charge in [-0.25, -0.2) is 0 Å². The van der Waals surface area contributed by atoms with Crippen molar-refractivity contribution in [3.05, 3.63) is 29.3 Å². The lowest BCUT2D eigenvalue weighted by molar-refractivity contribution is 0.112. The van der Waals surface area contributed by atoms with Crippen molar-refractivity contribution in [1.82, 2.24) is 0 Å². The third-order valence-electron chi connectivity index (χ3n) is 4.96. The van der Waals surface area contributed by atoms with E-state index in [0.717, 1.165) is 29.4 Å². The number of benzene rings is 1. The Morgan fingerprint density at radius 3 is 2.63 bits per heavy atom. The van der Waals surface area contributed by atoms with Gasteiger partial charge in [-0.05, 0) is 62.3 Å². The van der Waals surface area contributed by atoms with Crippen molar-refractivity contribution in [1.29, 1.82) is 0 Å². The minimum absolute atomic E-state index is 0.740. The Kier molecular flexibility index (Phi) is 3.58. The molecule has 3 rings (SSSR count). The fourth-order valence-electron chi connectivity index (χ4n) is 3.92. The summed E-state index contributed by atoms with van der Waals surface area (Å²) in [6, 6.07) is 7.03. The Balaban J connectivity index is 1.83. The number of hydrogen-bond donors (Lipinski definition) is 0. The Morgan fingerprint density at radius 2 is 1.95 bits per heavy atom. The molecule has 0 aromatic heterocycles. The molecular weight excluding hydrogens is 234 g/mol. The van der Waals surface area contributed by atoms with Crippen LogP contribution in [0.5, 0.6) is 0 Å². The van der Waals surface area contributed by atoms with E-state index in [1.165, 1.54) is 50.8 Å². The van der Waals surface area contributed by atoms with Gasteiger partial charge in [0.25, 0.3) is 0 Å². The zero-order valence-corrected chi connectivity index (χ0v) is 11.8. The molecule has 0 amide bonds. The molecule has 2 fully saturated rings. The molecule has 1 aromatic carbocycles. The molecule has 1 unspecified atom stereocenters. The normalized spacial score (nSPS) is 24.1. The molecule has 102 valence electrons. The summed E-state index contributed by atoms with van der Waals surface area (Å²) in [7, 11) is 0. The molecular formula is C17H23NO. The van der Waals surface area contributed by atoms with Gasteiger partial charge in [-0.15, -0.1) is 0 Å². The lowest BCUT2D eigenvalue weighted by Gasteiger charge is -2.31. The van der Waals surface area contributed by atoms with E-state index in [1.807, 2.05) is 13.0 Å². The van der Waals surface area contributed by atoms with Gasteiger partial charge in [-0.3, -0.25) is 4.79 Å². The molecule has 1 atom stereocenters. The van der Waals surface area contributed by atoms with Crippen LogP contribution in [0.25, 0.3) is 0 Å². The van der Waals surface area contributed by atoms with E-state index in [2.05, 4.69) is 17.0 Å². The van der Waals surface area contributed by atoms with E-state index >= 15 is 0 Å². The molecule has 2 nitrogen and oxygen atoms in total. The highest BCUT2D eigenvalue weighted by molar-refractivity contribution is 5.78. The van der Waals surface area contributed by atoms with Gasteiger partial charge < -0.3 is 4.90 Å². The molecule has 1 aliphatic heterocycles. The highest BCUT2D eigenvalue weighted by atomic mass is 16.1. The summed E-state index contributed by atoms with van der Waals surface area (Å²) >= 11 is 0. The molecule has 0 radical (unpaired) electrons. The number of nitrogens with zero attached hydrogens (tertiary/aromatic N) is 1. The van der Waals surface area contributed by atoms with Gasteiger partial charge >= 0.3 is 0 Å². The van der Waals surface area contributed by atoms with Crippen molar-refractivity contribution in [3.63, 3.8) is 0 Å². The predicted octanol–water partition coefficient (Wildman–Crippen LogP) is 3.97. The molecule has 0 N–H and O–H groups in total. The number of carbonyl (C=O) groups is 1. The minimum atomic E-state index is 0.740. The van der Waals surface area contributed by atoms with Crippen LogP contribution in [0.3, 0.4) is 0 Å². The Bertz CT molecular complexity index is 462. The van der Waals surface area contributed by atoms with E-state index in [4.69, 9.17) is 0 Å². The van der Waals surface area contributed by atoms with Gasteiger partial charge in [0.15, 0.2) is 0 Å². The average molecular weight is 257 g/mol.